The molecule has 0 unspecified atom stereocenters. The quantitative estimate of drug-likeness (QED) is 0.854. The lowest BCUT2D eigenvalue weighted by Crippen LogP contribution is -2.14. The van der Waals surface area contributed by atoms with E-state index in [0.29, 0.717) is 22.8 Å². The zero-order valence-electron chi connectivity index (χ0n) is 10.7. The van der Waals surface area contributed by atoms with Gasteiger partial charge < -0.3 is 5.32 Å². The van der Waals surface area contributed by atoms with Crippen LogP contribution < -0.4 is 5.32 Å². The number of nitrogens with zero attached hydrogens (tertiary/aromatic N) is 2. The fourth-order valence-electron chi connectivity index (χ4n) is 1.59. The van der Waals surface area contributed by atoms with E-state index in [1.54, 1.807) is 31.2 Å². The van der Waals surface area contributed by atoms with Gasteiger partial charge in [0, 0.05) is 17.4 Å². The first-order chi connectivity index (χ1) is 9.06. The van der Waals surface area contributed by atoms with Crippen molar-refractivity contribution >= 4 is 17.4 Å². The predicted octanol–water partition coefficient (Wildman–Crippen LogP) is 2.24. The molecule has 0 atom stereocenters. The van der Waals surface area contributed by atoms with Crippen LogP contribution in [0.5, 0.6) is 0 Å². The van der Waals surface area contributed by atoms with Gasteiger partial charge >= 0.3 is 0 Å². The highest BCUT2D eigenvalue weighted by Gasteiger charge is 2.09. The van der Waals surface area contributed by atoms with E-state index in [1.165, 1.54) is 19.2 Å². The van der Waals surface area contributed by atoms with Gasteiger partial charge in [-0.3, -0.25) is 9.59 Å². The Bertz CT molecular complexity index is 638. The third-order valence-electron chi connectivity index (χ3n) is 2.54. The van der Waals surface area contributed by atoms with Crippen molar-refractivity contribution in [3.8, 4) is 0 Å². The Labute approximate surface area is 110 Å². The van der Waals surface area contributed by atoms with Crippen molar-refractivity contribution in [2.45, 2.75) is 13.8 Å². The number of nitrogens with one attached hydrogen (secondary N) is 1. The molecule has 0 spiro atoms. The molecule has 2 rings (SSSR count). The normalized spacial score (nSPS) is 10.0. The molecule has 1 heterocycles. The molecule has 0 radical (unpaired) electrons. The van der Waals surface area contributed by atoms with Gasteiger partial charge in [0.15, 0.2) is 5.78 Å². The van der Waals surface area contributed by atoms with Crippen molar-refractivity contribution in [1.29, 1.82) is 0 Å². The van der Waals surface area contributed by atoms with E-state index in [2.05, 4.69) is 15.3 Å². The summed E-state index contributed by atoms with van der Waals surface area (Å²) in [6.07, 6.45) is 1.53. The molecular weight excluding hydrogens is 242 g/mol. The van der Waals surface area contributed by atoms with E-state index in [4.69, 9.17) is 0 Å². The number of benzene rings is 1. The second-order valence-electron chi connectivity index (χ2n) is 4.08. The number of aromatic nitrogens is 2. The molecule has 5 nitrogen and oxygen atoms in total. The SMILES string of the molecule is CC(=O)c1cccc(NC(=O)c2ccnc(C)n2)c1. The van der Waals surface area contributed by atoms with E-state index in [1.807, 2.05) is 0 Å². The van der Waals surface area contributed by atoms with E-state index in [-0.39, 0.29) is 11.7 Å². The maximum absolute atomic E-state index is 12.0. The summed E-state index contributed by atoms with van der Waals surface area (Å²) >= 11 is 0. The van der Waals surface area contributed by atoms with E-state index in [9.17, 15) is 9.59 Å². The molecule has 0 fully saturated rings. The number of amides is 1. The zero-order chi connectivity index (χ0) is 13.8. The summed E-state index contributed by atoms with van der Waals surface area (Å²) < 4.78 is 0. The topological polar surface area (TPSA) is 72.0 Å². The Balaban J connectivity index is 2.19. The Kier molecular flexibility index (Phi) is 3.66. The summed E-state index contributed by atoms with van der Waals surface area (Å²) in [7, 11) is 0. The minimum Gasteiger partial charge on any atom is -0.321 e. The van der Waals surface area contributed by atoms with Gasteiger partial charge in [-0.25, -0.2) is 9.97 Å². The summed E-state index contributed by atoms with van der Waals surface area (Å²) in [4.78, 5) is 31.2. The van der Waals surface area contributed by atoms with Crippen molar-refractivity contribution in [2.24, 2.45) is 0 Å². The summed E-state index contributed by atoms with van der Waals surface area (Å²) in [5, 5.41) is 2.70. The Morgan fingerprint density at radius 3 is 2.68 bits per heavy atom. The first kappa shape index (κ1) is 12.9. The number of ketones is 1. The first-order valence-corrected chi connectivity index (χ1v) is 5.78. The van der Waals surface area contributed by atoms with Crippen LogP contribution in [-0.4, -0.2) is 21.7 Å². The summed E-state index contributed by atoms with van der Waals surface area (Å²) in [5.41, 5.74) is 1.41. The van der Waals surface area contributed by atoms with Gasteiger partial charge in [0.2, 0.25) is 0 Å². The van der Waals surface area contributed by atoms with Crippen LogP contribution in [0.25, 0.3) is 0 Å². The lowest BCUT2D eigenvalue weighted by Gasteiger charge is -2.06. The number of hydrogen-bond acceptors (Lipinski definition) is 4. The molecule has 1 amide bonds. The number of Topliss-reactive ketones (excluding diaryl/α,β-unsaturated/α-hetero) is 1. The predicted molar refractivity (Wildman–Crippen MR) is 71.2 cm³/mol. The molecule has 19 heavy (non-hydrogen) atoms. The lowest BCUT2D eigenvalue weighted by atomic mass is 10.1. The smallest absolute Gasteiger partial charge is 0.274 e. The van der Waals surface area contributed by atoms with Crippen LogP contribution in [0.15, 0.2) is 36.5 Å². The van der Waals surface area contributed by atoms with Crippen LogP contribution in [0.1, 0.15) is 33.6 Å². The summed E-state index contributed by atoms with van der Waals surface area (Å²) in [6, 6.07) is 8.31. The maximum atomic E-state index is 12.0. The van der Waals surface area contributed by atoms with Crippen molar-refractivity contribution < 1.29 is 9.59 Å². The van der Waals surface area contributed by atoms with Crippen LogP contribution in [0.2, 0.25) is 0 Å². The molecule has 0 saturated heterocycles. The number of anilines is 1. The minimum absolute atomic E-state index is 0.0472. The molecule has 1 aromatic carbocycles. The lowest BCUT2D eigenvalue weighted by molar-refractivity contribution is 0.100. The average molecular weight is 255 g/mol. The standard InChI is InChI=1S/C14H13N3O2/c1-9(18)11-4-3-5-12(8-11)17-14(19)13-6-7-15-10(2)16-13/h3-8H,1-2H3,(H,17,19). The highest BCUT2D eigenvalue weighted by molar-refractivity contribution is 6.03. The molecular formula is C14H13N3O2. The largest absolute Gasteiger partial charge is 0.321 e. The van der Waals surface area contributed by atoms with E-state index >= 15 is 0 Å². The second-order valence-corrected chi connectivity index (χ2v) is 4.08. The Morgan fingerprint density at radius 2 is 2.00 bits per heavy atom. The van der Waals surface area contributed by atoms with Crippen LogP contribution in [0, 0.1) is 6.92 Å². The minimum atomic E-state index is -0.328. The molecule has 1 aromatic heterocycles. The number of aryl methyl sites for hydroxylation is 1. The van der Waals surface area contributed by atoms with E-state index < -0.39 is 0 Å². The maximum Gasteiger partial charge on any atom is 0.274 e. The van der Waals surface area contributed by atoms with Gasteiger partial charge in [0.05, 0.1) is 0 Å². The van der Waals surface area contributed by atoms with Crippen LogP contribution in [0.4, 0.5) is 5.69 Å². The molecule has 2 aromatic rings. The number of hydrogen-bond donors (Lipinski definition) is 1. The van der Waals surface area contributed by atoms with Gasteiger partial charge in [0.1, 0.15) is 11.5 Å². The molecule has 0 bridgehead atoms. The highest BCUT2D eigenvalue weighted by Crippen LogP contribution is 2.12. The summed E-state index contributed by atoms with van der Waals surface area (Å²) in [5.74, 6) is 0.158. The molecule has 0 aliphatic rings. The Morgan fingerprint density at radius 1 is 1.21 bits per heavy atom. The van der Waals surface area contributed by atoms with Crippen molar-refractivity contribution in [2.75, 3.05) is 5.32 Å². The number of rotatable bonds is 3. The van der Waals surface area contributed by atoms with Crippen LogP contribution in [-0.2, 0) is 0 Å². The molecule has 96 valence electrons. The summed E-state index contributed by atoms with van der Waals surface area (Å²) in [6.45, 7) is 3.20. The zero-order valence-corrected chi connectivity index (χ0v) is 10.7. The van der Waals surface area contributed by atoms with Crippen molar-refractivity contribution in [3.05, 3.63) is 53.6 Å². The third kappa shape index (κ3) is 3.22. The van der Waals surface area contributed by atoms with Gasteiger partial charge in [-0.1, -0.05) is 12.1 Å². The van der Waals surface area contributed by atoms with E-state index in [0.717, 1.165) is 0 Å². The average Bonchev–Trinajstić information content (AvgIpc) is 2.39. The Hall–Kier alpha value is -2.56. The van der Waals surface area contributed by atoms with Crippen LogP contribution >= 0.6 is 0 Å². The molecule has 0 aliphatic carbocycles. The highest BCUT2D eigenvalue weighted by atomic mass is 16.2. The first-order valence-electron chi connectivity index (χ1n) is 5.78. The number of carbonyl (C=O) groups is 2. The van der Waals surface area contributed by atoms with Crippen molar-refractivity contribution in [3.63, 3.8) is 0 Å². The van der Waals surface area contributed by atoms with Gasteiger partial charge in [-0.05, 0) is 32.0 Å². The van der Waals surface area contributed by atoms with Gasteiger partial charge in [-0.15, -0.1) is 0 Å². The number of carbonyl (C=O) groups excluding carboxylic acids is 2. The molecule has 5 heteroatoms. The molecule has 1 N–H and O–H groups in total. The fourth-order valence-corrected chi connectivity index (χ4v) is 1.59. The van der Waals surface area contributed by atoms with Crippen molar-refractivity contribution in [1.82, 2.24) is 9.97 Å². The molecule has 0 aliphatic heterocycles. The fraction of sp³-hybridized carbons (Fsp3) is 0.143. The monoisotopic (exact) mass is 255 g/mol. The van der Waals surface area contributed by atoms with Crippen LogP contribution in [0.3, 0.4) is 0 Å². The second kappa shape index (κ2) is 5.39. The third-order valence-corrected chi connectivity index (χ3v) is 2.54. The molecule has 0 saturated carbocycles. The van der Waals surface area contributed by atoms with Gasteiger partial charge in [-0.2, -0.15) is 0 Å². The van der Waals surface area contributed by atoms with Gasteiger partial charge in [0.25, 0.3) is 5.91 Å².